The van der Waals surface area contributed by atoms with E-state index >= 15 is 0 Å². The minimum absolute atomic E-state index is 0.138. The highest BCUT2D eigenvalue weighted by Gasteiger charge is 2.39. The van der Waals surface area contributed by atoms with Crippen molar-refractivity contribution in [2.45, 2.75) is 19.6 Å². The molecule has 0 aromatic heterocycles. The van der Waals surface area contributed by atoms with Gasteiger partial charge in [0.15, 0.2) is 5.76 Å². The van der Waals surface area contributed by atoms with E-state index in [0.29, 0.717) is 5.56 Å². The van der Waals surface area contributed by atoms with Gasteiger partial charge in [-0.1, -0.05) is 42.0 Å². The highest BCUT2D eigenvalue weighted by molar-refractivity contribution is 6.34. The number of imide groups is 1. The van der Waals surface area contributed by atoms with Gasteiger partial charge in [-0.05, 0) is 30.2 Å². The number of benzene rings is 2. The average Bonchev–Trinajstić information content (AvgIpc) is 2.79. The fourth-order valence-corrected chi connectivity index (χ4v) is 2.72. The molecule has 134 valence electrons. The summed E-state index contributed by atoms with van der Waals surface area (Å²) < 4.78 is 38.5. The van der Waals surface area contributed by atoms with Crippen LogP contribution >= 0.6 is 0 Å². The van der Waals surface area contributed by atoms with Crippen molar-refractivity contribution in [1.29, 1.82) is 0 Å². The predicted molar refractivity (Wildman–Crippen MR) is 87.7 cm³/mol. The monoisotopic (exact) mass is 361 g/mol. The zero-order chi connectivity index (χ0) is 19.1. The number of aliphatic hydroxyl groups is 1. The topological polar surface area (TPSA) is 57.6 Å². The van der Waals surface area contributed by atoms with Gasteiger partial charge in [0.05, 0.1) is 17.7 Å². The molecule has 0 fully saturated rings. The Morgan fingerprint density at radius 2 is 1.65 bits per heavy atom. The molecule has 2 amide bonds. The maximum absolute atomic E-state index is 12.8. The number of amides is 2. The van der Waals surface area contributed by atoms with Crippen LogP contribution in [0.15, 0.2) is 54.3 Å². The molecule has 26 heavy (non-hydrogen) atoms. The molecule has 0 radical (unpaired) electrons. The largest absolute Gasteiger partial charge is 0.502 e. The molecule has 1 aliphatic heterocycles. The molecule has 0 unspecified atom stereocenters. The summed E-state index contributed by atoms with van der Waals surface area (Å²) in [5.74, 6) is -2.37. The summed E-state index contributed by atoms with van der Waals surface area (Å²) in [5.41, 5.74) is 0.427. The van der Waals surface area contributed by atoms with Crippen LogP contribution < -0.4 is 0 Å². The first kappa shape index (κ1) is 17.7. The molecule has 0 spiro atoms. The smallest absolute Gasteiger partial charge is 0.416 e. The lowest BCUT2D eigenvalue weighted by molar-refractivity contribution is -0.138. The van der Waals surface area contributed by atoms with E-state index in [4.69, 9.17) is 0 Å². The number of aryl methyl sites for hydroxylation is 1. The Labute approximate surface area is 147 Å². The highest BCUT2D eigenvalue weighted by Crippen LogP contribution is 2.32. The van der Waals surface area contributed by atoms with E-state index in [0.717, 1.165) is 22.6 Å². The number of alkyl halides is 3. The minimum atomic E-state index is -4.53. The van der Waals surface area contributed by atoms with Crippen LogP contribution in [0.25, 0.3) is 5.57 Å². The number of carbonyl (C=O) groups is 2. The Bertz CT molecular complexity index is 914. The summed E-state index contributed by atoms with van der Waals surface area (Å²) >= 11 is 0. The van der Waals surface area contributed by atoms with Gasteiger partial charge in [0.1, 0.15) is 0 Å². The fourth-order valence-electron chi connectivity index (χ4n) is 2.72. The average molecular weight is 361 g/mol. The SMILES string of the molecule is Cc1ccc(C2=C(O)C(=O)N(Cc3cccc(C(F)(F)F)c3)C2=O)cc1. The maximum Gasteiger partial charge on any atom is 0.416 e. The molecule has 1 aliphatic rings. The van der Waals surface area contributed by atoms with E-state index in [1.807, 2.05) is 6.92 Å². The van der Waals surface area contributed by atoms with E-state index in [1.54, 1.807) is 24.3 Å². The van der Waals surface area contributed by atoms with E-state index in [9.17, 15) is 27.9 Å². The Morgan fingerprint density at radius 3 is 2.27 bits per heavy atom. The first-order valence-corrected chi connectivity index (χ1v) is 7.71. The molecule has 0 atom stereocenters. The van der Waals surface area contributed by atoms with Crippen LogP contribution in [0.1, 0.15) is 22.3 Å². The molecule has 1 heterocycles. The zero-order valence-corrected chi connectivity index (χ0v) is 13.7. The summed E-state index contributed by atoms with van der Waals surface area (Å²) in [6, 6.07) is 11.0. The van der Waals surface area contributed by atoms with Crippen molar-refractivity contribution in [1.82, 2.24) is 4.90 Å². The fraction of sp³-hybridized carbons (Fsp3) is 0.158. The second-order valence-corrected chi connectivity index (χ2v) is 5.98. The van der Waals surface area contributed by atoms with Gasteiger partial charge in [-0.15, -0.1) is 0 Å². The number of carbonyl (C=O) groups excluding carboxylic acids is 2. The van der Waals surface area contributed by atoms with Gasteiger partial charge < -0.3 is 5.11 Å². The van der Waals surface area contributed by atoms with Gasteiger partial charge in [0, 0.05) is 0 Å². The Kier molecular flexibility index (Phi) is 4.31. The molecule has 0 saturated heterocycles. The van der Waals surface area contributed by atoms with Crippen LogP contribution in [0.5, 0.6) is 0 Å². The molecule has 1 N–H and O–H groups in total. The van der Waals surface area contributed by atoms with Crippen LogP contribution in [0, 0.1) is 6.92 Å². The van der Waals surface area contributed by atoms with Gasteiger partial charge in [0.2, 0.25) is 0 Å². The molecular weight excluding hydrogens is 347 g/mol. The zero-order valence-electron chi connectivity index (χ0n) is 13.7. The Morgan fingerprint density at radius 1 is 1.00 bits per heavy atom. The molecule has 0 aliphatic carbocycles. The lowest BCUT2D eigenvalue weighted by Crippen LogP contribution is -2.31. The quantitative estimate of drug-likeness (QED) is 0.845. The van der Waals surface area contributed by atoms with Crippen molar-refractivity contribution in [3.63, 3.8) is 0 Å². The molecule has 0 saturated carbocycles. The third kappa shape index (κ3) is 3.20. The lowest BCUT2D eigenvalue weighted by Gasteiger charge is -2.16. The minimum Gasteiger partial charge on any atom is -0.502 e. The molecule has 3 rings (SSSR count). The number of hydrogen-bond donors (Lipinski definition) is 1. The van der Waals surface area contributed by atoms with Crippen molar-refractivity contribution in [2.75, 3.05) is 0 Å². The van der Waals surface area contributed by atoms with Gasteiger partial charge in [-0.2, -0.15) is 13.2 Å². The van der Waals surface area contributed by atoms with Crippen LogP contribution in [0.2, 0.25) is 0 Å². The number of aliphatic hydroxyl groups excluding tert-OH is 1. The number of rotatable bonds is 3. The molecule has 7 heteroatoms. The normalized spacial score (nSPS) is 15.2. The molecule has 4 nitrogen and oxygen atoms in total. The van der Waals surface area contributed by atoms with Crippen molar-refractivity contribution >= 4 is 17.4 Å². The van der Waals surface area contributed by atoms with Crippen molar-refractivity contribution in [3.8, 4) is 0 Å². The summed E-state index contributed by atoms with van der Waals surface area (Å²) in [7, 11) is 0. The highest BCUT2D eigenvalue weighted by atomic mass is 19.4. The predicted octanol–water partition coefficient (Wildman–Crippen LogP) is 3.85. The Hall–Kier alpha value is -3.09. The van der Waals surface area contributed by atoms with E-state index in [1.165, 1.54) is 12.1 Å². The van der Waals surface area contributed by atoms with Gasteiger partial charge in [-0.3, -0.25) is 14.5 Å². The molecule has 0 bridgehead atoms. The summed E-state index contributed by atoms with van der Waals surface area (Å²) in [6.07, 6.45) is -4.53. The van der Waals surface area contributed by atoms with Crippen molar-refractivity contribution < 1.29 is 27.9 Å². The van der Waals surface area contributed by atoms with E-state index in [-0.39, 0.29) is 17.7 Å². The first-order valence-electron chi connectivity index (χ1n) is 7.71. The van der Waals surface area contributed by atoms with Crippen LogP contribution in [0.4, 0.5) is 13.2 Å². The van der Waals surface area contributed by atoms with E-state index in [2.05, 4.69) is 0 Å². The number of hydrogen-bond acceptors (Lipinski definition) is 3. The second-order valence-electron chi connectivity index (χ2n) is 5.98. The summed E-state index contributed by atoms with van der Waals surface area (Å²) in [4.78, 5) is 25.5. The third-order valence-electron chi connectivity index (χ3n) is 4.08. The molecular formula is C19H14F3NO3. The van der Waals surface area contributed by atoms with Crippen LogP contribution in [-0.4, -0.2) is 21.8 Å². The van der Waals surface area contributed by atoms with Crippen LogP contribution in [0.3, 0.4) is 0 Å². The number of nitrogens with zero attached hydrogens (tertiary/aromatic N) is 1. The van der Waals surface area contributed by atoms with Crippen LogP contribution in [-0.2, 0) is 22.3 Å². The molecule has 2 aromatic rings. The van der Waals surface area contributed by atoms with Gasteiger partial charge >= 0.3 is 6.18 Å². The molecule has 2 aromatic carbocycles. The Balaban J connectivity index is 1.89. The van der Waals surface area contributed by atoms with E-state index < -0.39 is 29.3 Å². The van der Waals surface area contributed by atoms with Gasteiger partial charge in [-0.25, -0.2) is 0 Å². The number of halogens is 3. The summed E-state index contributed by atoms with van der Waals surface area (Å²) in [6.45, 7) is 1.49. The van der Waals surface area contributed by atoms with Crippen molar-refractivity contribution in [3.05, 3.63) is 76.5 Å². The third-order valence-corrected chi connectivity index (χ3v) is 4.08. The van der Waals surface area contributed by atoms with Crippen molar-refractivity contribution in [2.24, 2.45) is 0 Å². The first-order chi connectivity index (χ1) is 12.2. The lowest BCUT2D eigenvalue weighted by atomic mass is 10.0. The second kappa shape index (κ2) is 6.33. The van der Waals surface area contributed by atoms with Gasteiger partial charge in [0.25, 0.3) is 11.8 Å². The standard InChI is InChI=1S/C19H14F3NO3/c1-11-5-7-13(8-6-11)15-16(24)18(26)23(17(15)25)10-12-3-2-4-14(9-12)19(20,21)22/h2-9,24H,10H2,1H3. The summed E-state index contributed by atoms with van der Waals surface area (Å²) in [5, 5.41) is 10.1. The maximum atomic E-state index is 12.8.